The molecule has 0 rings (SSSR count). The van der Waals surface area contributed by atoms with Gasteiger partial charge in [-0.25, -0.2) is 0 Å². The van der Waals surface area contributed by atoms with Crippen molar-refractivity contribution in [2.75, 3.05) is 0 Å². The van der Waals surface area contributed by atoms with Crippen molar-refractivity contribution in [2.24, 2.45) is 0 Å². The molecule has 0 radical (unpaired) electrons. The molecule has 0 amide bonds. The molecular weight excluding hydrogens is 180 g/mol. The highest BCUT2D eigenvalue weighted by atomic mass is 28.2. The Morgan fingerprint density at radius 1 is 1.15 bits per heavy atom. The lowest BCUT2D eigenvalue weighted by atomic mass is 10.4. The number of hydrogen-bond acceptors (Lipinski definition) is 2. The second-order valence-corrected chi connectivity index (χ2v) is 6.23. The molecule has 0 atom stereocenters. The van der Waals surface area contributed by atoms with E-state index in [4.69, 9.17) is 9.47 Å². The second-order valence-electron chi connectivity index (χ2n) is 3.96. The Bertz CT molecular complexity index is 145. The van der Waals surface area contributed by atoms with Crippen molar-refractivity contribution in [3.8, 4) is 0 Å². The van der Waals surface area contributed by atoms with E-state index in [1.165, 1.54) is 0 Å². The van der Waals surface area contributed by atoms with Crippen LogP contribution in [0, 0.1) is 0 Å². The van der Waals surface area contributed by atoms with Crippen molar-refractivity contribution in [3.05, 3.63) is 12.3 Å². The van der Waals surface area contributed by atoms with Gasteiger partial charge in [0.25, 0.3) is 0 Å². The van der Waals surface area contributed by atoms with E-state index in [0.717, 1.165) is 0 Å². The normalized spacial score (nSPS) is 13.5. The van der Waals surface area contributed by atoms with Gasteiger partial charge in [0.1, 0.15) is 14.9 Å². The Labute approximate surface area is 84.1 Å². The van der Waals surface area contributed by atoms with Crippen molar-refractivity contribution in [1.82, 2.24) is 0 Å². The molecule has 0 aromatic rings. The van der Waals surface area contributed by atoms with Crippen molar-refractivity contribution in [3.63, 3.8) is 0 Å². The molecule has 0 aliphatic rings. The quantitative estimate of drug-likeness (QED) is 0.483. The van der Waals surface area contributed by atoms with Gasteiger partial charge in [-0.15, -0.1) is 12.3 Å². The van der Waals surface area contributed by atoms with E-state index in [-0.39, 0.29) is 17.6 Å². The zero-order chi connectivity index (χ0) is 10.5. The van der Waals surface area contributed by atoms with Crippen LogP contribution in [0.4, 0.5) is 0 Å². The molecule has 0 aromatic heterocycles. The van der Waals surface area contributed by atoms with Gasteiger partial charge in [-0.3, -0.25) is 0 Å². The summed E-state index contributed by atoms with van der Waals surface area (Å²) in [6.45, 7) is 13.9. The van der Waals surface area contributed by atoms with Crippen molar-refractivity contribution in [1.29, 1.82) is 0 Å². The number of hydrogen-bond donors (Lipinski definition) is 0. The van der Waals surface area contributed by atoms with Gasteiger partial charge in [0.2, 0.25) is 0 Å². The lowest BCUT2D eigenvalue weighted by Gasteiger charge is -2.32. The first kappa shape index (κ1) is 12.9. The fraction of sp³-hybridized carbons (Fsp3) is 0.800. The molecule has 0 aliphatic heterocycles. The smallest absolute Gasteiger partial charge is 0.147 e. The summed E-state index contributed by atoms with van der Waals surface area (Å²) in [6.07, 6.45) is 0.410. The molecule has 0 bridgehead atoms. The van der Waals surface area contributed by atoms with E-state index < -0.39 is 9.52 Å². The molecule has 0 aromatic carbocycles. The second kappa shape index (κ2) is 5.57. The Balaban J connectivity index is 4.23. The molecule has 0 fully saturated rings. The first-order valence-electron chi connectivity index (χ1n) is 4.86. The minimum Gasteiger partial charge on any atom is -0.352 e. The average molecular weight is 202 g/mol. The van der Waals surface area contributed by atoms with E-state index in [1.54, 1.807) is 0 Å². The third kappa shape index (κ3) is 6.02. The summed E-state index contributed by atoms with van der Waals surface area (Å²) in [5, 5.41) is 0. The Morgan fingerprint density at radius 3 is 1.77 bits per heavy atom. The highest BCUT2D eigenvalue weighted by Gasteiger charge is 2.26. The van der Waals surface area contributed by atoms with Gasteiger partial charge in [0, 0.05) is 0 Å². The van der Waals surface area contributed by atoms with Gasteiger partial charge >= 0.3 is 0 Å². The predicted octanol–water partition coefficient (Wildman–Crippen LogP) is 1.82. The summed E-state index contributed by atoms with van der Waals surface area (Å²) in [5.41, 5.74) is 1.58. The van der Waals surface area contributed by atoms with Gasteiger partial charge in [0.05, 0.1) is 12.2 Å². The van der Waals surface area contributed by atoms with Crippen LogP contribution in [-0.2, 0) is 9.47 Å². The summed E-state index contributed by atoms with van der Waals surface area (Å²) < 4.78 is 11.5. The van der Waals surface area contributed by atoms with E-state index in [9.17, 15) is 0 Å². The first-order chi connectivity index (χ1) is 5.89. The molecule has 0 saturated heterocycles. The lowest BCUT2D eigenvalue weighted by molar-refractivity contribution is -0.204. The molecule has 0 spiro atoms. The zero-order valence-corrected chi connectivity index (χ0v) is 10.9. The first-order valence-corrected chi connectivity index (χ1v) is 6.38. The molecule has 2 nitrogen and oxygen atoms in total. The zero-order valence-electron chi connectivity index (χ0n) is 9.46. The lowest BCUT2D eigenvalue weighted by Crippen LogP contribution is -2.42. The van der Waals surface area contributed by atoms with Crippen LogP contribution in [0.3, 0.4) is 0 Å². The summed E-state index contributed by atoms with van der Waals surface area (Å²) >= 11 is 0. The summed E-state index contributed by atoms with van der Waals surface area (Å²) in [7, 11) is -0.527. The Kier molecular flexibility index (Phi) is 5.52. The van der Waals surface area contributed by atoms with Crippen LogP contribution >= 0.6 is 0 Å². The van der Waals surface area contributed by atoms with Crippen LogP contribution in [0.25, 0.3) is 0 Å². The monoisotopic (exact) mass is 202 g/mol. The molecule has 13 heavy (non-hydrogen) atoms. The summed E-state index contributed by atoms with van der Waals surface area (Å²) in [4.78, 5) is 0. The van der Waals surface area contributed by atoms with E-state index in [2.05, 4.69) is 6.58 Å². The van der Waals surface area contributed by atoms with Crippen LogP contribution < -0.4 is 0 Å². The fourth-order valence-electron chi connectivity index (χ4n) is 1.38. The predicted molar refractivity (Wildman–Crippen MR) is 59.6 cm³/mol. The summed E-state index contributed by atoms with van der Waals surface area (Å²) in [5.74, 6) is 0. The maximum atomic E-state index is 5.76. The van der Waals surface area contributed by atoms with E-state index >= 15 is 0 Å². The van der Waals surface area contributed by atoms with Crippen molar-refractivity contribution in [2.45, 2.75) is 52.2 Å². The highest BCUT2D eigenvalue weighted by molar-refractivity contribution is 6.44. The summed E-state index contributed by atoms with van der Waals surface area (Å²) in [6, 6.07) is 0. The Hall–Kier alpha value is -0.123. The minimum absolute atomic E-state index is 0.205. The third-order valence-corrected chi connectivity index (χ3v) is 2.85. The SMILES string of the molecule is C=C[SiH2]C(C)(OC(C)C)OC(C)C. The average Bonchev–Trinajstić information content (AvgIpc) is 1.81. The Morgan fingerprint density at radius 2 is 1.54 bits per heavy atom. The number of ether oxygens (including phenoxy) is 2. The third-order valence-electron chi connectivity index (χ3n) is 1.49. The molecular formula is C10H22O2Si. The van der Waals surface area contributed by atoms with Gasteiger partial charge in [0.15, 0.2) is 0 Å². The largest absolute Gasteiger partial charge is 0.352 e. The number of rotatable bonds is 6. The van der Waals surface area contributed by atoms with E-state index in [1.807, 2.05) is 40.3 Å². The van der Waals surface area contributed by atoms with E-state index in [0.29, 0.717) is 0 Å². The maximum absolute atomic E-state index is 5.76. The topological polar surface area (TPSA) is 18.5 Å². The maximum Gasteiger partial charge on any atom is 0.147 e. The fourth-order valence-corrected chi connectivity index (χ4v) is 2.77. The molecule has 3 heteroatoms. The van der Waals surface area contributed by atoms with Crippen LogP contribution in [0.1, 0.15) is 34.6 Å². The molecule has 78 valence electrons. The van der Waals surface area contributed by atoms with Crippen LogP contribution in [-0.4, -0.2) is 27.1 Å². The van der Waals surface area contributed by atoms with Gasteiger partial charge in [-0.05, 0) is 34.6 Å². The molecule has 0 saturated carbocycles. The molecule has 0 aliphatic carbocycles. The molecule has 0 N–H and O–H groups in total. The molecule has 0 unspecified atom stereocenters. The van der Waals surface area contributed by atoms with Crippen LogP contribution in [0.5, 0.6) is 0 Å². The van der Waals surface area contributed by atoms with Gasteiger partial charge in [-0.2, -0.15) is 0 Å². The van der Waals surface area contributed by atoms with Crippen LogP contribution in [0.15, 0.2) is 12.3 Å². The minimum atomic E-state index is -0.527. The van der Waals surface area contributed by atoms with Crippen molar-refractivity contribution >= 4 is 9.52 Å². The van der Waals surface area contributed by atoms with Crippen molar-refractivity contribution < 1.29 is 9.47 Å². The van der Waals surface area contributed by atoms with Gasteiger partial charge in [-0.1, -0.05) is 0 Å². The van der Waals surface area contributed by atoms with Crippen LogP contribution in [0.2, 0.25) is 0 Å². The standard InChI is InChI=1S/C10H22O2Si/c1-7-13-10(6,11-8(2)3)12-9(4)5/h7-9H,1,13H2,2-6H3. The molecule has 0 heterocycles. The highest BCUT2D eigenvalue weighted by Crippen LogP contribution is 2.16. The van der Waals surface area contributed by atoms with Gasteiger partial charge < -0.3 is 9.47 Å².